The topological polar surface area (TPSA) is 26.0 Å². The average molecular weight is 202 g/mol. The zero-order valence-electron chi connectivity index (χ0n) is 7.01. The Morgan fingerprint density at radius 3 is 2.75 bits per heavy atom. The molecule has 0 aliphatic heterocycles. The summed E-state index contributed by atoms with van der Waals surface area (Å²) >= 11 is 7.76. The van der Waals surface area contributed by atoms with Crippen LogP contribution in [0.3, 0.4) is 0 Å². The lowest BCUT2D eigenvalue weighted by atomic mass is 10.2. The molecule has 0 fully saturated rings. The first-order valence-electron chi connectivity index (χ1n) is 3.89. The average Bonchev–Trinajstić information content (AvgIpc) is 2.09. The summed E-state index contributed by atoms with van der Waals surface area (Å²) in [7, 11) is 0. The molecule has 0 radical (unpaired) electrons. The van der Waals surface area contributed by atoms with Gasteiger partial charge in [-0.2, -0.15) is 0 Å². The van der Waals surface area contributed by atoms with E-state index in [1.807, 2.05) is 18.2 Å². The van der Waals surface area contributed by atoms with Gasteiger partial charge in [0.1, 0.15) is 0 Å². The van der Waals surface area contributed by atoms with Gasteiger partial charge in [0, 0.05) is 11.4 Å². The Hall–Kier alpha value is -0.180. The van der Waals surface area contributed by atoms with Crippen LogP contribution in [-0.4, -0.2) is 5.75 Å². The lowest BCUT2D eigenvalue weighted by Gasteiger charge is -2.03. The van der Waals surface area contributed by atoms with Gasteiger partial charge in [-0.25, -0.2) is 0 Å². The van der Waals surface area contributed by atoms with Gasteiger partial charge in [0.05, 0.1) is 5.02 Å². The fourth-order valence-corrected chi connectivity index (χ4v) is 1.98. The highest BCUT2D eigenvalue weighted by Gasteiger charge is 1.99. The Kier molecular flexibility index (Phi) is 3.92. The predicted molar refractivity (Wildman–Crippen MR) is 55.7 cm³/mol. The van der Waals surface area contributed by atoms with E-state index in [0.29, 0.717) is 6.54 Å². The Morgan fingerprint density at radius 2 is 2.25 bits per heavy atom. The molecule has 1 aromatic carbocycles. The first-order valence-corrected chi connectivity index (χ1v) is 5.25. The minimum absolute atomic E-state index is 0.552. The van der Waals surface area contributed by atoms with Crippen molar-refractivity contribution in [2.24, 2.45) is 5.73 Å². The number of thioether (sulfide) groups is 1. The molecule has 3 heteroatoms. The molecule has 0 atom stereocenters. The van der Waals surface area contributed by atoms with E-state index in [1.54, 1.807) is 11.8 Å². The van der Waals surface area contributed by atoms with Crippen LogP contribution in [0.1, 0.15) is 12.5 Å². The number of halogens is 1. The summed E-state index contributed by atoms with van der Waals surface area (Å²) in [5, 5.41) is 0.810. The number of nitrogens with two attached hydrogens (primary N) is 1. The van der Waals surface area contributed by atoms with Gasteiger partial charge in [-0.05, 0) is 23.4 Å². The zero-order chi connectivity index (χ0) is 8.97. The van der Waals surface area contributed by atoms with Crippen LogP contribution in [0.5, 0.6) is 0 Å². The Labute approximate surface area is 82.3 Å². The highest BCUT2D eigenvalue weighted by Crippen LogP contribution is 2.27. The van der Waals surface area contributed by atoms with Gasteiger partial charge in [0.15, 0.2) is 0 Å². The molecule has 12 heavy (non-hydrogen) atoms. The second-order valence-corrected chi connectivity index (χ2v) is 4.11. The van der Waals surface area contributed by atoms with Gasteiger partial charge in [-0.3, -0.25) is 0 Å². The summed E-state index contributed by atoms with van der Waals surface area (Å²) in [5.74, 6) is 1.04. The van der Waals surface area contributed by atoms with E-state index in [0.717, 1.165) is 21.2 Å². The van der Waals surface area contributed by atoms with E-state index in [2.05, 4.69) is 6.92 Å². The van der Waals surface area contributed by atoms with E-state index in [9.17, 15) is 0 Å². The second kappa shape index (κ2) is 4.75. The molecule has 0 aliphatic rings. The SMILES string of the molecule is CCSc1ccc(CN)cc1Cl. The molecule has 66 valence electrons. The standard InChI is InChI=1S/C9H12ClNS/c1-2-12-9-4-3-7(6-11)5-8(9)10/h3-5H,2,6,11H2,1H3. The molecule has 1 nitrogen and oxygen atoms in total. The van der Waals surface area contributed by atoms with E-state index in [-0.39, 0.29) is 0 Å². The van der Waals surface area contributed by atoms with Gasteiger partial charge in [0.2, 0.25) is 0 Å². The fraction of sp³-hybridized carbons (Fsp3) is 0.333. The third-order valence-corrected chi connectivity index (χ3v) is 2.91. The van der Waals surface area contributed by atoms with E-state index < -0.39 is 0 Å². The molecular formula is C9H12ClNS. The van der Waals surface area contributed by atoms with Gasteiger partial charge < -0.3 is 5.73 Å². The minimum Gasteiger partial charge on any atom is -0.326 e. The van der Waals surface area contributed by atoms with Crippen molar-refractivity contribution >= 4 is 23.4 Å². The molecule has 1 aromatic rings. The molecule has 0 aromatic heterocycles. The van der Waals surface area contributed by atoms with Crippen molar-refractivity contribution in [3.63, 3.8) is 0 Å². The van der Waals surface area contributed by atoms with Crippen molar-refractivity contribution < 1.29 is 0 Å². The molecule has 0 bridgehead atoms. The summed E-state index contributed by atoms with van der Waals surface area (Å²) < 4.78 is 0. The molecule has 0 spiro atoms. The van der Waals surface area contributed by atoms with Crippen LogP contribution in [0.2, 0.25) is 5.02 Å². The predicted octanol–water partition coefficient (Wildman–Crippen LogP) is 2.91. The third-order valence-electron chi connectivity index (χ3n) is 1.53. The molecular weight excluding hydrogens is 190 g/mol. The molecule has 0 saturated heterocycles. The Morgan fingerprint density at radius 1 is 1.50 bits per heavy atom. The normalized spacial score (nSPS) is 10.2. The zero-order valence-corrected chi connectivity index (χ0v) is 8.58. The maximum Gasteiger partial charge on any atom is 0.0545 e. The maximum absolute atomic E-state index is 6.01. The fourth-order valence-electron chi connectivity index (χ4n) is 0.944. The first kappa shape index (κ1) is 9.90. The van der Waals surface area contributed by atoms with Crippen LogP contribution in [0, 0.1) is 0 Å². The molecule has 1 rings (SSSR count). The summed E-state index contributed by atoms with van der Waals surface area (Å²) in [6, 6.07) is 5.97. The second-order valence-electron chi connectivity index (χ2n) is 2.40. The van der Waals surface area contributed by atoms with Crippen LogP contribution in [0.15, 0.2) is 23.1 Å². The summed E-state index contributed by atoms with van der Waals surface area (Å²) in [6.45, 7) is 2.66. The van der Waals surface area contributed by atoms with Crippen LogP contribution >= 0.6 is 23.4 Å². The molecule has 2 N–H and O–H groups in total. The van der Waals surface area contributed by atoms with Crippen LogP contribution in [0.25, 0.3) is 0 Å². The van der Waals surface area contributed by atoms with Crippen LogP contribution < -0.4 is 5.73 Å². The Balaban J connectivity index is 2.87. The van der Waals surface area contributed by atoms with Crippen molar-refractivity contribution in [3.8, 4) is 0 Å². The molecule has 0 unspecified atom stereocenters. The smallest absolute Gasteiger partial charge is 0.0545 e. The Bertz CT molecular complexity index is 263. The first-order chi connectivity index (χ1) is 5.77. The van der Waals surface area contributed by atoms with Gasteiger partial charge in [0.25, 0.3) is 0 Å². The minimum atomic E-state index is 0.552. The summed E-state index contributed by atoms with van der Waals surface area (Å²) in [5.41, 5.74) is 6.56. The summed E-state index contributed by atoms with van der Waals surface area (Å²) in [6.07, 6.45) is 0. The number of benzene rings is 1. The number of hydrogen-bond acceptors (Lipinski definition) is 2. The van der Waals surface area contributed by atoms with Crippen LogP contribution in [0.4, 0.5) is 0 Å². The number of rotatable bonds is 3. The summed E-state index contributed by atoms with van der Waals surface area (Å²) in [4.78, 5) is 1.14. The van der Waals surface area contributed by atoms with E-state index in [1.165, 1.54) is 0 Å². The van der Waals surface area contributed by atoms with Gasteiger partial charge >= 0.3 is 0 Å². The van der Waals surface area contributed by atoms with E-state index in [4.69, 9.17) is 17.3 Å². The van der Waals surface area contributed by atoms with Crippen molar-refractivity contribution in [1.82, 2.24) is 0 Å². The van der Waals surface area contributed by atoms with Crippen molar-refractivity contribution in [3.05, 3.63) is 28.8 Å². The molecule has 0 heterocycles. The lowest BCUT2D eigenvalue weighted by molar-refractivity contribution is 1.07. The third kappa shape index (κ3) is 2.41. The number of hydrogen-bond donors (Lipinski definition) is 1. The monoisotopic (exact) mass is 201 g/mol. The van der Waals surface area contributed by atoms with Crippen molar-refractivity contribution in [1.29, 1.82) is 0 Å². The quantitative estimate of drug-likeness (QED) is 0.762. The highest BCUT2D eigenvalue weighted by molar-refractivity contribution is 7.99. The molecule has 0 aliphatic carbocycles. The molecule has 0 saturated carbocycles. The lowest BCUT2D eigenvalue weighted by Crippen LogP contribution is -1.95. The van der Waals surface area contributed by atoms with E-state index >= 15 is 0 Å². The van der Waals surface area contributed by atoms with Crippen LogP contribution in [-0.2, 0) is 6.54 Å². The van der Waals surface area contributed by atoms with Gasteiger partial charge in [-0.1, -0.05) is 24.6 Å². The van der Waals surface area contributed by atoms with Crippen molar-refractivity contribution in [2.75, 3.05) is 5.75 Å². The van der Waals surface area contributed by atoms with Crippen molar-refractivity contribution in [2.45, 2.75) is 18.4 Å². The molecule has 0 amide bonds. The van der Waals surface area contributed by atoms with Gasteiger partial charge in [-0.15, -0.1) is 11.8 Å². The highest BCUT2D eigenvalue weighted by atomic mass is 35.5. The largest absolute Gasteiger partial charge is 0.326 e. The maximum atomic E-state index is 6.01.